The summed E-state index contributed by atoms with van der Waals surface area (Å²) < 4.78 is 1.99. The third kappa shape index (κ3) is 4.73. The Labute approximate surface area is 135 Å². The molecule has 7 heteroatoms. The molecule has 2 N–H and O–H groups in total. The SMILES string of the molecule is CCn1cnnc1CNC(=NC)NCCc1cccc(Cl)c1. The van der Waals surface area contributed by atoms with E-state index >= 15 is 0 Å². The van der Waals surface area contributed by atoms with E-state index in [1.165, 1.54) is 5.56 Å². The smallest absolute Gasteiger partial charge is 0.191 e. The van der Waals surface area contributed by atoms with Crippen LogP contribution < -0.4 is 10.6 Å². The lowest BCUT2D eigenvalue weighted by Gasteiger charge is -2.12. The highest BCUT2D eigenvalue weighted by Gasteiger charge is 2.04. The molecule has 118 valence electrons. The largest absolute Gasteiger partial charge is 0.356 e. The summed E-state index contributed by atoms with van der Waals surface area (Å²) >= 11 is 5.98. The highest BCUT2D eigenvalue weighted by atomic mass is 35.5. The number of hydrogen-bond donors (Lipinski definition) is 2. The van der Waals surface area contributed by atoms with Crippen LogP contribution in [-0.2, 0) is 19.5 Å². The molecule has 0 unspecified atom stereocenters. The Morgan fingerprint density at radius 3 is 2.95 bits per heavy atom. The highest BCUT2D eigenvalue weighted by Crippen LogP contribution is 2.10. The number of hydrogen-bond acceptors (Lipinski definition) is 3. The minimum Gasteiger partial charge on any atom is -0.356 e. The van der Waals surface area contributed by atoms with Gasteiger partial charge in [-0.15, -0.1) is 10.2 Å². The van der Waals surface area contributed by atoms with Crippen LogP contribution in [0.5, 0.6) is 0 Å². The van der Waals surface area contributed by atoms with Crippen molar-refractivity contribution in [1.29, 1.82) is 0 Å². The zero-order valence-electron chi connectivity index (χ0n) is 12.9. The van der Waals surface area contributed by atoms with E-state index in [1.807, 2.05) is 22.8 Å². The number of aromatic nitrogens is 3. The van der Waals surface area contributed by atoms with Crippen molar-refractivity contribution in [3.63, 3.8) is 0 Å². The second-order valence-electron chi connectivity index (χ2n) is 4.77. The summed E-state index contributed by atoms with van der Waals surface area (Å²) in [4.78, 5) is 4.20. The molecule has 0 aliphatic rings. The van der Waals surface area contributed by atoms with Gasteiger partial charge in [-0.2, -0.15) is 0 Å². The lowest BCUT2D eigenvalue weighted by atomic mass is 10.1. The van der Waals surface area contributed by atoms with Gasteiger partial charge in [0.05, 0.1) is 6.54 Å². The minimum atomic E-state index is 0.588. The lowest BCUT2D eigenvalue weighted by Crippen LogP contribution is -2.38. The molecule has 1 aromatic carbocycles. The van der Waals surface area contributed by atoms with Gasteiger partial charge in [0, 0.05) is 25.2 Å². The topological polar surface area (TPSA) is 67.1 Å². The molecule has 6 nitrogen and oxygen atoms in total. The van der Waals surface area contributed by atoms with Crippen molar-refractivity contribution in [1.82, 2.24) is 25.4 Å². The number of nitrogens with one attached hydrogen (secondary N) is 2. The van der Waals surface area contributed by atoms with E-state index < -0.39 is 0 Å². The lowest BCUT2D eigenvalue weighted by molar-refractivity contribution is 0.669. The molecule has 0 saturated heterocycles. The van der Waals surface area contributed by atoms with Gasteiger partial charge in [0.1, 0.15) is 6.33 Å². The van der Waals surface area contributed by atoms with Gasteiger partial charge in [-0.1, -0.05) is 23.7 Å². The predicted molar refractivity (Wildman–Crippen MR) is 89.1 cm³/mol. The minimum absolute atomic E-state index is 0.588. The maximum Gasteiger partial charge on any atom is 0.191 e. The molecule has 0 bridgehead atoms. The van der Waals surface area contributed by atoms with Crippen molar-refractivity contribution in [2.24, 2.45) is 4.99 Å². The molecule has 0 amide bonds. The highest BCUT2D eigenvalue weighted by molar-refractivity contribution is 6.30. The fourth-order valence-electron chi connectivity index (χ4n) is 2.08. The fourth-order valence-corrected chi connectivity index (χ4v) is 2.29. The van der Waals surface area contributed by atoms with Crippen molar-refractivity contribution in [3.05, 3.63) is 47.0 Å². The summed E-state index contributed by atoms with van der Waals surface area (Å²) in [7, 11) is 1.75. The predicted octanol–water partition coefficient (Wildman–Crippen LogP) is 1.86. The number of aliphatic imine (C=N–C) groups is 1. The third-order valence-corrected chi connectivity index (χ3v) is 3.50. The van der Waals surface area contributed by atoms with E-state index in [9.17, 15) is 0 Å². The van der Waals surface area contributed by atoms with Crippen molar-refractivity contribution in [2.45, 2.75) is 26.4 Å². The Kier molecular flexibility index (Phi) is 6.21. The number of guanidine groups is 1. The quantitative estimate of drug-likeness (QED) is 0.630. The Bertz CT molecular complexity index is 622. The summed E-state index contributed by atoms with van der Waals surface area (Å²) in [5.74, 6) is 1.63. The van der Waals surface area contributed by atoms with Gasteiger partial charge in [-0.25, -0.2) is 0 Å². The van der Waals surface area contributed by atoms with Gasteiger partial charge in [-0.3, -0.25) is 4.99 Å². The molecule has 2 aromatic rings. The summed E-state index contributed by atoms with van der Waals surface area (Å²) in [5, 5.41) is 15.3. The monoisotopic (exact) mass is 320 g/mol. The first-order valence-electron chi connectivity index (χ1n) is 7.28. The van der Waals surface area contributed by atoms with E-state index in [-0.39, 0.29) is 0 Å². The van der Waals surface area contributed by atoms with Crippen LogP contribution in [0.15, 0.2) is 35.6 Å². The van der Waals surface area contributed by atoms with Crippen molar-refractivity contribution >= 4 is 17.6 Å². The first-order chi connectivity index (χ1) is 10.7. The Morgan fingerprint density at radius 1 is 1.36 bits per heavy atom. The van der Waals surface area contributed by atoms with E-state index in [4.69, 9.17) is 11.6 Å². The summed E-state index contributed by atoms with van der Waals surface area (Å²) in [6, 6.07) is 7.88. The van der Waals surface area contributed by atoms with Gasteiger partial charge < -0.3 is 15.2 Å². The first-order valence-corrected chi connectivity index (χ1v) is 7.66. The van der Waals surface area contributed by atoms with E-state index in [2.05, 4.69) is 38.8 Å². The molecule has 0 atom stereocenters. The van der Waals surface area contributed by atoms with E-state index in [1.54, 1.807) is 13.4 Å². The molecule has 1 heterocycles. The van der Waals surface area contributed by atoms with Gasteiger partial charge in [-0.05, 0) is 31.0 Å². The summed E-state index contributed by atoms with van der Waals surface area (Å²) in [6.45, 7) is 4.28. The molecular formula is C15H21ClN6. The number of halogens is 1. The van der Waals surface area contributed by atoms with Gasteiger partial charge in [0.15, 0.2) is 11.8 Å². The van der Waals surface area contributed by atoms with Gasteiger partial charge >= 0.3 is 0 Å². The maximum absolute atomic E-state index is 5.98. The molecule has 1 aromatic heterocycles. The number of aryl methyl sites for hydroxylation is 1. The molecule has 0 aliphatic heterocycles. The average Bonchev–Trinajstić information content (AvgIpc) is 2.98. The van der Waals surface area contributed by atoms with Crippen LogP contribution in [0.1, 0.15) is 18.3 Å². The van der Waals surface area contributed by atoms with Crippen LogP contribution in [-0.4, -0.2) is 34.3 Å². The molecule has 0 radical (unpaired) electrons. The Balaban J connectivity index is 1.78. The van der Waals surface area contributed by atoms with E-state index in [0.29, 0.717) is 6.54 Å². The standard InChI is InChI=1S/C15H21ClN6/c1-3-22-11-20-21-14(22)10-19-15(17-2)18-8-7-12-5-4-6-13(16)9-12/h4-6,9,11H,3,7-8,10H2,1-2H3,(H2,17,18,19). The molecule has 22 heavy (non-hydrogen) atoms. The van der Waals surface area contributed by atoms with Crippen LogP contribution in [0.4, 0.5) is 0 Å². The van der Waals surface area contributed by atoms with Crippen molar-refractivity contribution < 1.29 is 0 Å². The Morgan fingerprint density at radius 2 is 2.23 bits per heavy atom. The van der Waals surface area contributed by atoms with Crippen molar-refractivity contribution in [3.8, 4) is 0 Å². The number of rotatable bonds is 6. The van der Waals surface area contributed by atoms with Gasteiger partial charge in [0.25, 0.3) is 0 Å². The van der Waals surface area contributed by atoms with E-state index in [0.717, 1.165) is 36.3 Å². The molecule has 0 fully saturated rings. The zero-order valence-corrected chi connectivity index (χ0v) is 13.6. The number of benzene rings is 1. The average molecular weight is 321 g/mol. The Hall–Kier alpha value is -2.08. The fraction of sp³-hybridized carbons (Fsp3) is 0.400. The van der Waals surface area contributed by atoms with Crippen LogP contribution in [0.3, 0.4) is 0 Å². The van der Waals surface area contributed by atoms with Crippen LogP contribution in [0.2, 0.25) is 5.02 Å². The molecular weight excluding hydrogens is 300 g/mol. The van der Waals surface area contributed by atoms with Crippen molar-refractivity contribution in [2.75, 3.05) is 13.6 Å². The first kappa shape index (κ1) is 16.3. The molecule has 0 saturated carbocycles. The molecule has 0 aliphatic carbocycles. The maximum atomic E-state index is 5.98. The molecule has 0 spiro atoms. The van der Waals surface area contributed by atoms with Crippen LogP contribution in [0.25, 0.3) is 0 Å². The third-order valence-electron chi connectivity index (χ3n) is 3.27. The summed E-state index contributed by atoms with van der Waals surface area (Å²) in [6.07, 6.45) is 2.61. The zero-order chi connectivity index (χ0) is 15.8. The second kappa shape index (κ2) is 8.38. The number of nitrogens with zero attached hydrogens (tertiary/aromatic N) is 4. The molecule has 2 rings (SSSR count). The normalized spacial score (nSPS) is 11.5. The van der Waals surface area contributed by atoms with Crippen LogP contribution >= 0.6 is 11.6 Å². The summed E-state index contributed by atoms with van der Waals surface area (Å²) in [5.41, 5.74) is 1.20. The van der Waals surface area contributed by atoms with Gasteiger partial charge in [0.2, 0.25) is 0 Å². The van der Waals surface area contributed by atoms with Crippen LogP contribution in [0, 0.1) is 0 Å². The second-order valence-corrected chi connectivity index (χ2v) is 5.20.